The molecule has 0 aliphatic carbocycles. The highest BCUT2D eigenvalue weighted by Gasteiger charge is 2.30. The number of carbonyl (C=O) groups excluding carboxylic acids is 2. The van der Waals surface area contributed by atoms with Gasteiger partial charge in [-0.3, -0.25) is 9.59 Å². The summed E-state index contributed by atoms with van der Waals surface area (Å²) in [4.78, 5) is 33.1. The van der Waals surface area contributed by atoms with E-state index in [1.165, 1.54) is 19.3 Å². The van der Waals surface area contributed by atoms with Gasteiger partial charge in [0.25, 0.3) is 0 Å². The quantitative estimate of drug-likeness (QED) is 0.338. The van der Waals surface area contributed by atoms with Crippen LogP contribution in [0.5, 0.6) is 5.75 Å². The molecule has 0 saturated carbocycles. The number of halogens is 3. The number of carbonyl (C=O) groups is 2. The molecule has 3 N–H and O–H groups in total. The molecule has 3 aromatic rings. The van der Waals surface area contributed by atoms with Gasteiger partial charge in [0.2, 0.25) is 5.91 Å². The molecular weight excluding hydrogens is 536 g/mol. The Morgan fingerprint density at radius 2 is 1.89 bits per heavy atom. The van der Waals surface area contributed by atoms with Gasteiger partial charge in [0.05, 0.1) is 11.2 Å². The number of Topliss-reactive ketones (excluding diaryl/α,β-unsaturated/α-hetero) is 1. The van der Waals surface area contributed by atoms with Gasteiger partial charge in [-0.2, -0.15) is 0 Å². The largest absolute Gasteiger partial charge is 0.480 e. The average Bonchev–Trinajstić information content (AvgIpc) is 2.85. The number of nitrogens with zero attached hydrogens (tertiary/aromatic N) is 2. The number of amides is 1. The Morgan fingerprint density at radius 3 is 2.53 bits per heavy atom. The predicted octanol–water partition coefficient (Wildman–Crippen LogP) is 4.87. The van der Waals surface area contributed by atoms with Crippen molar-refractivity contribution < 1.29 is 23.1 Å². The van der Waals surface area contributed by atoms with E-state index in [9.17, 15) is 18.4 Å². The number of fused-ring (bicyclic) bond motifs is 1. The number of ketones is 1. The highest BCUT2D eigenvalue weighted by molar-refractivity contribution is 9.10. The fourth-order valence-electron chi connectivity index (χ4n) is 4.14. The maximum absolute atomic E-state index is 14.5. The number of aromatic nitrogens is 2. The summed E-state index contributed by atoms with van der Waals surface area (Å²) in [6.07, 6.45) is 3.16. The summed E-state index contributed by atoms with van der Waals surface area (Å²) in [6.45, 7) is 6.50. The van der Waals surface area contributed by atoms with Gasteiger partial charge in [0, 0.05) is 21.8 Å². The number of hydrogen-bond acceptors (Lipinski definition) is 7. The minimum Gasteiger partial charge on any atom is -0.480 e. The van der Waals surface area contributed by atoms with Crippen molar-refractivity contribution in [3.8, 4) is 5.75 Å². The Kier molecular flexibility index (Phi) is 7.90. The lowest BCUT2D eigenvalue weighted by Crippen LogP contribution is -2.40. The van der Waals surface area contributed by atoms with E-state index in [1.807, 2.05) is 0 Å². The Hall–Kier alpha value is -3.44. The van der Waals surface area contributed by atoms with Crippen LogP contribution in [0.2, 0.25) is 0 Å². The molecule has 8 nitrogen and oxygen atoms in total. The number of rotatable bonds is 8. The summed E-state index contributed by atoms with van der Waals surface area (Å²) in [6, 6.07) is 5.34. The maximum Gasteiger partial charge on any atom is 0.247 e. The summed E-state index contributed by atoms with van der Waals surface area (Å²) in [7, 11) is 0. The van der Waals surface area contributed by atoms with Crippen molar-refractivity contribution in [2.24, 2.45) is 5.92 Å². The van der Waals surface area contributed by atoms with Gasteiger partial charge < -0.3 is 20.7 Å². The number of piperidine rings is 1. The molecule has 188 valence electrons. The van der Waals surface area contributed by atoms with E-state index in [4.69, 9.17) is 4.74 Å². The second kappa shape index (κ2) is 11.1. The van der Waals surface area contributed by atoms with Crippen LogP contribution in [0.1, 0.15) is 19.8 Å². The first kappa shape index (κ1) is 25.6. The smallest absolute Gasteiger partial charge is 0.247 e. The molecule has 1 fully saturated rings. The first-order valence-corrected chi connectivity index (χ1v) is 12.1. The lowest BCUT2D eigenvalue weighted by molar-refractivity contribution is -0.126. The third-order valence-corrected chi connectivity index (χ3v) is 6.35. The number of nitrogens with one attached hydrogen (secondary N) is 3. The molecule has 1 atom stereocenters. The standard InChI is InChI=1S/C25H24BrF2N5O3/c1-3-22(35)32-20-10-16-19(11-21(20)36-24(13(2)34)14-4-6-29-7-5-14)30-12-31-25(16)33-23-17(27)8-15(26)9-18(23)28/h3,8-12,14,24,29H,1,4-7H2,2H3,(H,32,35)(H,30,31,33). The van der Waals surface area contributed by atoms with Crippen LogP contribution in [0.25, 0.3) is 10.9 Å². The highest BCUT2D eigenvalue weighted by atomic mass is 79.9. The second-order valence-corrected chi connectivity index (χ2v) is 9.30. The van der Waals surface area contributed by atoms with Crippen molar-refractivity contribution in [3.63, 3.8) is 0 Å². The average molecular weight is 560 g/mol. The summed E-state index contributed by atoms with van der Waals surface area (Å²) < 4.78 is 35.3. The van der Waals surface area contributed by atoms with Crippen molar-refractivity contribution in [3.05, 3.63) is 59.4 Å². The minimum absolute atomic E-state index is 0.00776. The van der Waals surface area contributed by atoms with Crippen molar-refractivity contribution >= 4 is 55.7 Å². The third kappa shape index (κ3) is 5.68. The van der Waals surface area contributed by atoms with Gasteiger partial charge in [0.1, 0.15) is 23.6 Å². The van der Waals surface area contributed by atoms with Gasteiger partial charge in [-0.15, -0.1) is 0 Å². The lowest BCUT2D eigenvalue weighted by atomic mass is 9.90. The topological polar surface area (TPSA) is 105 Å². The molecule has 36 heavy (non-hydrogen) atoms. The van der Waals surface area contributed by atoms with Gasteiger partial charge in [-0.05, 0) is 57.1 Å². The minimum atomic E-state index is -0.819. The van der Waals surface area contributed by atoms with Gasteiger partial charge in [0.15, 0.2) is 23.5 Å². The zero-order chi connectivity index (χ0) is 25.8. The molecule has 1 aliphatic heterocycles. The molecule has 2 aromatic carbocycles. The normalized spacial score (nSPS) is 14.8. The van der Waals surface area contributed by atoms with E-state index in [2.05, 4.69) is 48.4 Å². The van der Waals surface area contributed by atoms with Crippen LogP contribution in [0.15, 0.2) is 47.7 Å². The molecule has 0 bridgehead atoms. The van der Waals surface area contributed by atoms with E-state index in [0.717, 1.165) is 44.1 Å². The van der Waals surface area contributed by atoms with Crippen molar-refractivity contribution in [2.75, 3.05) is 23.7 Å². The Balaban J connectivity index is 1.77. The number of anilines is 3. The molecule has 0 spiro atoms. The number of ether oxygens (including phenoxy) is 1. The zero-order valence-electron chi connectivity index (χ0n) is 19.4. The van der Waals surface area contributed by atoms with E-state index in [-0.39, 0.29) is 33.4 Å². The fraction of sp³-hybridized carbons (Fsp3) is 0.280. The second-order valence-electron chi connectivity index (χ2n) is 8.39. The van der Waals surface area contributed by atoms with Crippen LogP contribution in [0.3, 0.4) is 0 Å². The summed E-state index contributed by atoms with van der Waals surface area (Å²) in [5, 5.41) is 8.99. The molecule has 1 aromatic heterocycles. The molecule has 1 saturated heterocycles. The first-order valence-electron chi connectivity index (χ1n) is 11.3. The zero-order valence-corrected chi connectivity index (χ0v) is 21.0. The van der Waals surface area contributed by atoms with Crippen molar-refractivity contribution in [1.82, 2.24) is 15.3 Å². The van der Waals surface area contributed by atoms with E-state index >= 15 is 0 Å². The van der Waals surface area contributed by atoms with Crippen LogP contribution in [0.4, 0.5) is 26.0 Å². The molecular formula is C25H24BrF2N5O3. The molecule has 11 heteroatoms. The summed E-state index contributed by atoms with van der Waals surface area (Å²) >= 11 is 3.05. The Morgan fingerprint density at radius 1 is 1.19 bits per heavy atom. The van der Waals surface area contributed by atoms with E-state index in [0.29, 0.717) is 10.9 Å². The molecule has 0 radical (unpaired) electrons. The van der Waals surface area contributed by atoms with Crippen molar-refractivity contribution in [1.29, 1.82) is 0 Å². The molecule has 1 amide bonds. The molecule has 1 unspecified atom stereocenters. The van der Waals surface area contributed by atoms with E-state index < -0.39 is 29.3 Å². The number of benzene rings is 2. The third-order valence-electron chi connectivity index (χ3n) is 5.90. The van der Waals surface area contributed by atoms with Gasteiger partial charge in [-0.25, -0.2) is 18.7 Å². The molecule has 4 rings (SSSR count). The maximum atomic E-state index is 14.5. The predicted molar refractivity (Wildman–Crippen MR) is 136 cm³/mol. The van der Waals surface area contributed by atoms with Gasteiger partial charge in [-0.1, -0.05) is 22.5 Å². The molecule has 2 heterocycles. The molecule has 1 aliphatic rings. The monoisotopic (exact) mass is 559 g/mol. The Labute approximate surface area is 214 Å². The van der Waals surface area contributed by atoms with Gasteiger partial charge >= 0.3 is 0 Å². The SMILES string of the molecule is C=CC(=O)Nc1cc2c(Nc3c(F)cc(Br)cc3F)ncnc2cc1OC(C(C)=O)C1CCNCC1. The van der Waals surface area contributed by atoms with E-state index in [1.54, 1.807) is 6.07 Å². The van der Waals surface area contributed by atoms with Crippen LogP contribution >= 0.6 is 15.9 Å². The highest BCUT2D eigenvalue weighted by Crippen LogP contribution is 2.36. The fourth-order valence-corrected chi connectivity index (χ4v) is 4.54. The van der Waals surface area contributed by atoms with Crippen LogP contribution in [0, 0.1) is 17.6 Å². The van der Waals surface area contributed by atoms with Crippen molar-refractivity contribution in [2.45, 2.75) is 25.9 Å². The van der Waals surface area contributed by atoms with Crippen LogP contribution < -0.4 is 20.7 Å². The summed E-state index contributed by atoms with van der Waals surface area (Å²) in [5.41, 5.74) is 0.226. The van der Waals surface area contributed by atoms with Crippen LogP contribution in [-0.4, -0.2) is 40.9 Å². The first-order chi connectivity index (χ1) is 17.3. The van der Waals surface area contributed by atoms with Crippen LogP contribution in [-0.2, 0) is 9.59 Å². The lowest BCUT2D eigenvalue weighted by Gasteiger charge is -2.30. The summed E-state index contributed by atoms with van der Waals surface area (Å²) in [5.74, 6) is -1.91. The Bertz CT molecular complexity index is 1310. The number of hydrogen-bond donors (Lipinski definition) is 3.